The lowest BCUT2D eigenvalue weighted by Gasteiger charge is -2.13. The van der Waals surface area contributed by atoms with Crippen LogP contribution in [0.15, 0.2) is 58.4 Å². The van der Waals surface area contributed by atoms with Gasteiger partial charge in [0.1, 0.15) is 0 Å². The molecule has 27 heavy (non-hydrogen) atoms. The van der Waals surface area contributed by atoms with Gasteiger partial charge in [0.2, 0.25) is 5.95 Å². The molecule has 7 nitrogen and oxygen atoms in total. The number of ether oxygens (including phenoxy) is 1. The number of nitrogens with two attached hydrogens (primary N) is 1. The Bertz CT molecular complexity index is 1030. The highest BCUT2D eigenvalue weighted by Gasteiger charge is 2.10. The Kier molecular flexibility index (Phi) is 5.83. The highest BCUT2D eigenvalue weighted by molar-refractivity contribution is 5.99. The van der Waals surface area contributed by atoms with Crippen molar-refractivity contribution in [1.82, 2.24) is 9.55 Å². The first-order chi connectivity index (χ1) is 13.1. The fraction of sp³-hybridized carbons (Fsp3) is 0.250. The smallest absolute Gasteiger partial charge is 0.262 e. The number of fused-ring (bicyclic) bond motifs is 1. The second-order valence-electron chi connectivity index (χ2n) is 6.19. The van der Waals surface area contributed by atoms with E-state index in [1.54, 1.807) is 17.7 Å². The van der Waals surface area contributed by atoms with Gasteiger partial charge in [-0.1, -0.05) is 24.3 Å². The van der Waals surface area contributed by atoms with Crippen molar-refractivity contribution in [3.63, 3.8) is 0 Å². The third-order valence-corrected chi connectivity index (χ3v) is 4.22. The standard InChI is InChI=1S/C20H23N5O2/c1-14(15-7-5-8-16(21)13-15)23-24-20-22-18-10-4-3-9-17(18)19(26)25(20)11-6-12-27-2/h3-5,7-10,13H,6,11-12,21H2,1-2H3,(H,22,24)/b23-14-. The van der Waals surface area contributed by atoms with Gasteiger partial charge < -0.3 is 10.5 Å². The summed E-state index contributed by atoms with van der Waals surface area (Å²) in [7, 11) is 1.64. The van der Waals surface area contributed by atoms with Crippen molar-refractivity contribution in [3.05, 3.63) is 64.4 Å². The van der Waals surface area contributed by atoms with Crippen molar-refractivity contribution in [2.75, 3.05) is 24.9 Å². The average molecular weight is 365 g/mol. The number of rotatable bonds is 7. The number of nitrogen functional groups attached to an aromatic ring is 1. The number of methoxy groups -OCH3 is 1. The van der Waals surface area contributed by atoms with Crippen LogP contribution in [0.25, 0.3) is 10.9 Å². The minimum absolute atomic E-state index is 0.101. The summed E-state index contributed by atoms with van der Waals surface area (Å²) in [5.41, 5.74) is 11.6. The van der Waals surface area contributed by atoms with Crippen LogP contribution in [0.4, 0.5) is 11.6 Å². The predicted octanol–water partition coefficient (Wildman–Crippen LogP) is 2.85. The van der Waals surface area contributed by atoms with Crippen LogP contribution >= 0.6 is 0 Å². The number of hydrazone groups is 1. The van der Waals surface area contributed by atoms with Crippen molar-refractivity contribution in [3.8, 4) is 0 Å². The van der Waals surface area contributed by atoms with Crippen LogP contribution in [0.2, 0.25) is 0 Å². The molecule has 3 N–H and O–H groups in total. The average Bonchev–Trinajstić information content (AvgIpc) is 2.68. The maximum atomic E-state index is 12.9. The Morgan fingerprint density at radius 3 is 2.85 bits per heavy atom. The van der Waals surface area contributed by atoms with Crippen molar-refractivity contribution in [2.45, 2.75) is 19.9 Å². The van der Waals surface area contributed by atoms with E-state index in [0.717, 1.165) is 11.3 Å². The first-order valence-electron chi connectivity index (χ1n) is 8.75. The van der Waals surface area contributed by atoms with Crippen LogP contribution in [-0.2, 0) is 11.3 Å². The SMILES string of the molecule is COCCCn1c(N/N=C(/C)c2cccc(N)c2)nc2ccccc2c1=O. The molecule has 0 bridgehead atoms. The van der Waals surface area contributed by atoms with E-state index in [4.69, 9.17) is 10.5 Å². The molecule has 0 atom stereocenters. The summed E-state index contributed by atoms with van der Waals surface area (Å²) in [5, 5.41) is 4.98. The molecular formula is C20H23N5O2. The quantitative estimate of drug-likeness (QED) is 0.291. The Morgan fingerprint density at radius 1 is 1.26 bits per heavy atom. The first kappa shape index (κ1) is 18.6. The van der Waals surface area contributed by atoms with Crippen molar-refractivity contribution < 1.29 is 4.74 Å². The van der Waals surface area contributed by atoms with Crippen LogP contribution < -0.4 is 16.7 Å². The predicted molar refractivity (Wildman–Crippen MR) is 109 cm³/mol. The molecule has 0 aliphatic carbocycles. The lowest BCUT2D eigenvalue weighted by atomic mass is 10.1. The number of para-hydroxylation sites is 1. The Labute approximate surface area is 157 Å². The zero-order valence-corrected chi connectivity index (χ0v) is 15.5. The number of aromatic nitrogens is 2. The summed E-state index contributed by atoms with van der Waals surface area (Å²) in [6, 6.07) is 14.8. The summed E-state index contributed by atoms with van der Waals surface area (Å²) in [5.74, 6) is 0.401. The van der Waals surface area contributed by atoms with Crippen LogP contribution in [0.3, 0.4) is 0 Å². The van der Waals surface area contributed by atoms with Gasteiger partial charge in [0, 0.05) is 25.9 Å². The van der Waals surface area contributed by atoms with E-state index in [2.05, 4.69) is 15.5 Å². The molecule has 1 heterocycles. The number of hydrogen-bond donors (Lipinski definition) is 2. The van der Waals surface area contributed by atoms with E-state index in [1.807, 2.05) is 49.4 Å². The molecule has 0 saturated carbocycles. The van der Waals surface area contributed by atoms with Gasteiger partial charge in [-0.2, -0.15) is 5.10 Å². The van der Waals surface area contributed by atoms with E-state index in [-0.39, 0.29) is 5.56 Å². The maximum Gasteiger partial charge on any atom is 0.262 e. The minimum Gasteiger partial charge on any atom is -0.399 e. The lowest BCUT2D eigenvalue weighted by Crippen LogP contribution is -2.25. The van der Waals surface area contributed by atoms with Crippen molar-refractivity contribution in [2.24, 2.45) is 5.10 Å². The fourth-order valence-corrected chi connectivity index (χ4v) is 2.79. The summed E-state index contributed by atoms with van der Waals surface area (Å²) in [4.78, 5) is 17.5. The lowest BCUT2D eigenvalue weighted by molar-refractivity contribution is 0.190. The molecule has 1 aromatic heterocycles. The van der Waals surface area contributed by atoms with E-state index in [1.165, 1.54) is 0 Å². The van der Waals surface area contributed by atoms with Gasteiger partial charge in [0.05, 0.1) is 16.6 Å². The third kappa shape index (κ3) is 4.32. The maximum absolute atomic E-state index is 12.9. The molecule has 0 spiro atoms. The zero-order valence-electron chi connectivity index (χ0n) is 15.5. The summed E-state index contributed by atoms with van der Waals surface area (Å²) < 4.78 is 6.70. The summed E-state index contributed by atoms with van der Waals surface area (Å²) in [6.07, 6.45) is 0.697. The topological polar surface area (TPSA) is 94.5 Å². The summed E-state index contributed by atoms with van der Waals surface area (Å²) in [6.45, 7) is 2.92. The highest BCUT2D eigenvalue weighted by atomic mass is 16.5. The second kappa shape index (κ2) is 8.46. The fourth-order valence-electron chi connectivity index (χ4n) is 2.79. The van der Waals surface area contributed by atoms with Crippen LogP contribution in [0.1, 0.15) is 18.9 Å². The van der Waals surface area contributed by atoms with Gasteiger partial charge in [0.15, 0.2) is 0 Å². The molecule has 0 aliphatic rings. The largest absolute Gasteiger partial charge is 0.399 e. The normalized spacial score (nSPS) is 11.7. The van der Waals surface area contributed by atoms with Crippen LogP contribution in [0.5, 0.6) is 0 Å². The third-order valence-electron chi connectivity index (χ3n) is 4.22. The van der Waals surface area contributed by atoms with Gasteiger partial charge in [0.25, 0.3) is 5.56 Å². The van der Waals surface area contributed by atoms with Gasteiger partial charge in [-0.05, 0) is 43.2 Å². The molecule has 0 radical (unpaired) electrons. The number of nitrogens with zero attached hydrogens (tertiary/aromatic N) is 3. The Morgan fingerprint density at radius 2 is 2.07 bits per heavy atom. The Hall–Kier alpha value is -3.19. The molecule has 140 valence electrons. The number of anilines is 2. The molecule has 0 aliphatic heterocycles. The molecule has 7 heteroatoms. The minimum atomic E-state index is -0.101. The van der Waals surface area contributed by atoms with E-state index >= 15 is 0 Å². The van der Waals surface area contributed by atoms with Gasteiger partial charge in [-0.25, -0.2) is 10.4 Å². The molecular weight excluding hydrogens is 342 g/mol. The number of hydrogen-bond acceptors (Lipinski definition) is 6. The summed E-state index contributed by atoms with van der Waals surface area (Å²) >= 11 is 0. The van der Waals surface area contributed by atoms with Crippen molar-refractivity contribution in [1.29, 1.82) is 0 Å². The highest BCUT2D eigenvalue weighted by Crippen LogP contribution is 2.13. The van der Waals surface area contributed by atoms with Crippen LogP contribution in [0, 0.1) is 0 Å². The van der Waals surface area contributed by atoms with Gasteiger partial charge in [-0.3, -0.25) is 9.36 Å². The zero-order chi connectivity index (χ0) is 19.2. The second-order valence-corrected chi connectivity index (χ2v) is 6.19. The molecule has 0 amide bonds. The van der Waals surface area contributed by atoms with E-state index < -0.39 is 0 Å². The molecule has 0 saturated heterocycles. The number of benzene rings is 2. The van der Waals surface area contributed by atoms with Crippen LogP contribution in [-0.4, -0.2) is 29.0 Å². The first-order valence-corrected chi connectivity index (χ1v) is 8.75. The number of nitrogens with one attached hydrogen (secondary N) is 1. The monoisotopic (exact) mass is 365 g/mol. The van der Waals surface area contributed by atoms with E-state index in [9.17, 15) is 4.79 Å². The molecule has 3 aromatic rings. The Balaban J connectivity index is 1.97. The van der Waals surface area contributed by atoms with Crippen molar-refractivity contribution >= 4 is 28.3 Å². The van der Waals surface area contributed by atoms with Gasteiger partial charge in [-0.15, -0.1) is 0 Å². The molecule has 2 aromatic carbocycles. The molecule has 0 fully saturated rings. The molecule has 0 unspecified atom stereocenters. The molecule has 3 rings (SSSR count). The van der Waals surface area contributed by atoms with Gasteiger partial charge >= 0.3 is 0 Å². The van der Waals surface area contributed by atoms with E-state index in [0.29, 0.717) is 42.1 Å².